The molecule has 7 nitrogen and oxygen atoms in total. The summed E-state index contributed by atoms with van der Waals surface area (Å²) in [6, 6.07) is 6.61. The number of hydrogen-bond acceptors (Lipinski definition) is 4. The number of piperidine rings is 1. The van der Waals surface area contributed by atoms with E-state index >= 15 is 0 Å². The second kappa shape index (κ2) is 7.76. The zero-order chi connectivity index (χ0) is 17.7. The predicted octanol–water partition coefficient (Wildman–Crippen LogP) is 1.31. The summed E-state index contributed by atoms with van der Waals surface area (Å²) in [5, 5.41) is 11.5. The summed E-state index contributed by atoms with van der Waals surface area (Å²) in [5.74, 6) is -1.46. The minimum absolute atomic E-state index is 0.0341. The fourth-order valence-corrected chi connectivity index (χ4v) is 3.90. The molecule has 0 radical (unpaired) electrons. The number of carbonyl (C=O) groups is 2. The van der Waals surface area contributed by atoms with Crippen LogP contribution in [0, 0.1) is 5.92 Å². The zero-order valence-corrected chi connectivity index (χ0v) is 14.4. The van der Waals surface area contributed by atoms with E-state index < -0.39 is 16.0 Å². The van der Waals surface area contributed by atoms with Gasteiger partial charge in [0.15, 0.2) is 0 Å². The van der Waals surface area contributed by atoms with Gasteiger partial charge in [0.25, 0.3) is 0 Å². The molecule has 2 N–H and O–H groups in total. The number of benzene rings is 1. The smallest absolute Gasteiger partial charge is 0.307 e. The Labute approximate surface area is 141 Å². The second-order valence-corrected chi connectivity index (χ2v) is 8.11. The van der Waals surface area contributed by atoms with E-state index in [-0.39, 0.29) is 30.5 Å². The molecule has 1 heterocycles. The lowest BCUT2D eigenvalue weighted by molar-refractivity contribution is -0.136. The van der Waals surface area contributed by atoms with Crippen LogP contribution in [0.3, 0.4) is 0 Å². The molecule has 1 unspecified atom stereocenters. The van der Waals surface area contributed by atoms with Crippen LogP contribution in [0.4, 0.5) is 5.69 Å². The van der Waals surface area contributed by atoms with Crippen molar-refractivity contribution in [2.24, 2.45) is 5.92 Å². The number of carboxylic acid groups (broad SMARTS) is 1. The molecule has 0 aromatic heterocycles. The van der Waals surface area contributed by atoms with Crippen LogP contribution >= 0.6 is 0 Å². The highest BCUT2D eigenvalue weighted by atomic mass is 32.2. The van der Waals surface area contributed by atoms with Crippen molar-refractivity contribution in [2.45, 2.75) is 26.2 Å². The Morgan fingerprint density at radius 2 is 1.96 bits per heavy atom. The molecule has 2 rings (SSSR count). The molecule has 1 amide bonds. The zero-order valence-electron chi connectivity index (χ0n) is 13.6. The number of anilines is 1. The van der Waals surface area contributed by atoms with Gasteiger partial charge in [-0.1, -0.05) is 12.1 Å². The van der Waals surface area contributed by atoms with Crippen molar-refractivity contribution >= 4 is 27.6 Å². The maximum absolute atomic E-state index is 12.4. The molecule has 132 valence electrons. The SMILES string of the molecule is CCS(=O)(=O)N1CCCC(C(=O)Nc2ccc(CC(=O)O)cc2)C1. The van der Waals surface area contributed by atoms with Gasteiger partial charge in [-0.25, -0.2) is 12.7 Å². The fraction of sp³-hybridized carbons (Fsp3) is 0.500. The van der Waals surface area contributed by atoms with Crippen molar-refractivity contribution in [1.82, 2.24) is 4.31 Å². The minimum Gasteiger partial charge on any atom is -0.481 e. The van der Waals surface area contributed by atoms with E-state index in [2.05, 4.69) is 5.32 Å². The van der Waals surface area contributed by atoms with Crippen molar-refractivity contribution in [3.05, 3.63) is 29.8 Å². The molecule has 0 spiro atoms. The Morgan fingerprint density at radius 1 is 1.29 bits per heavy atom. The Kier molecular flexibility index (Phi) is 5.95. The van der Waals surface area contributed by atoms with E-state index in [1.807, 2.05) is 0 Å². The summed E-state index contributed by atoms with van der Waals surface area (Å²) in [6.07, 6.45) is 1.24. The van der Waals surface area contributed by atoms with Crippen LogP contribution in [0.15, 0.2) is 24.3 Å². The lowest BCUT2D eigenvalue weighted by Crippen LogP contribution is -2.44. The monoisotopic (exact) mass is 354 g/mol. The van der Waals surface area contributed by atoms with Crippen LogP contribution in [0.1, 0.15) is 25.3 Å². The average Bonchev–Trinajstić information content (AvgIpc) is 2.56. The third-order valence-electron chi connectivity index (χ3n) is 4.09. The molecular weight excluding hydrogens is 332 g/mol. The van der Waals surface area contributed by atoms with Crippen LogP contribution in [0.5, 0.6) is 0 Å². The van der Waals surface area contributed by atoms with Crippen LogP contribution in [0.2, 0.25) is 0 Å². The van der Waals surface area contributed by atoms with E-state index in [1.165, 1.54) is 4.31 Å². The van der Waals surface area contributed by atoms with Gasteiger partial charge in [-0.15, -0.1) is 0 Å². The summed E-state index contributed by atoms with van der Waals surface area (Å²) >= 11 is 0. The van der Waals surface area contributed by atoms with Crippen LogP contribution in [0.25, 0.3) is 0 Å². The quantitative estimate of drug-likeness (QED) is 0.802. The number of sulfonamides is 1. The lowest BCUT2D eigenvalue weighted by Gasteiger charge is -2.30. The van der Waals surface area contributed by atoms with E-state index in [9.17, 15) is 18.0 Å². The third kappa shape index (κ3) is 4.78. The molecule has 8 heteroatoms. The van der Waals surface area contributed by atoms with Gasteiger partial charge in [-0.05, 0) is 37.5 Å². The topological polar surface area (TPSA) is 104 Å². The number of aliphatic carboxylic acids is 1. The van der Waals surface area contributed by atoms with Gasteiger partial charge in [0.1, 0.15) is 0 Å². The first-order valence-electron chi connectivity index (χ1n) is 7.91. The summed E-state index contributed by atoms with van der Waals surface area (Å²) in [4.78, 5) is 23.0. The Bertz CT molecular complexity index is 700. The molecule has 1 aliphatic heterocycles. The summed E-state index contributed by atoms with van der Waals surface area (Å²) < 4.78 is 25.3. The fourth-order valence-electron chi connectivity index (χ4n) is 2.72. The van der Waals surface area contributed by atoms with E-state index in [0.717, 1.165) is 0 Å². The summed E-state index contributed by atoms with van der Waals surface area (Å²) in [7, 11) is -3.28. The molecule has 24 heavy (non-hydrogen) atoms. The lowest BCUT2D eigenvalue weighted by atomic mass is 9.98. The van der Waals surface area contributed by atoms with Crippen molar-refractivity contribution in [2.75, 3.05) is 24.2 Å². The normalized spacial score (nSPS) is 19.0. The maximum atomic E-state index is 12.4. The molecule has 1 saturated heterocycles. The summed E-state index contributed by atoms with van der Waals surface area (Å²) in [6.45, 7) is 2.26. The number of rotatable bonds is 6. The second-order valence-electron chi connectivity index (χ2n) is 5.85. The number of nitrogens with zero attached hydrogens (tertiary/aromatic N) is 1. The molecule has 0 saturated carbocycles. The first kappa shape index (κ1) is 18.4. The van der Waals surface area contributed by atoms with Gasteiger partial charge in [0, 0.05) is 18.8 Å². The molecular formula is C16H22N2O5S. The summed E-state index contributed by atoms with van der Waals surface area (Å²) in [5.41, 5.74) is 1.22. The van der Waals surface area contributed by atoms with Gasteiger partial charge in [-0.2, -0.15) is 0 Å². The van der Waals surface area contributed by atoms with Crippen molar-refractivity contribution < 1.29 is 23.1 Å². The van der Waals surface area contributed by atoms with Crippen LogP contribution in [-0.2, 0) is 26.0 Å². The maximum Gasteiger partial charge on any atom is 0.307 e. The Hall–Kier alpha value is -1.93. The van der Waals surface area contributed by atoms with Crippen LogP contribution < -0.4 is 5.32 Å². The highest BCUT2D eigenvalue weighted by Crippen LogP contribution is 2.21. The standard InChI is InChI=1S/C16H22N2O5S/c1-2-24(22,23)18-9-3-4-13(11-18)16(21)17-14-7-5-12(6-8-14)10-15(19)20/h5-8,13H,2-4,9-11H2,1H3,(H,17,21)(H,19,20). The van der Waals surface area contributed by atoms with Gasteiger partial charge >= 0.3 is 5.97 Å². The first-order chi connectivity index (χ1) is 11.3. The number of hydrogen-bond donors (Lipinski definition) is 2. The molecule has 1 aromatic carbocycles. The van der Waals surface area contributed by atoms with Crippen molar-refractivity contribution in [1.29, 1.82) is 0 Å². The van der Waals surface area contributed by atoms with E-state index in [0.29, 0.717) is 30.6 Å². The third-order valence-corrected chi connectivity index (χ3v) is 5.94. The molecule has 1 atom stereocenters. The Balaban J connectivity index is 1.97. The average molecular weight is 354 g/mol. The minimum atomic E-state index is -3.28. The largest absolute Gasteiger partial charge is 0.481 e. The van der Waals surface area contributed by atoms with Crippen molar-refractivity contribution in [3.8, 4) is 0 Å². The highest BCUT2D eigenvalue weighted by molar-refractivity contribution is 7.89. The number of nitrogens with one attached hydrogen (secondary N) is 1. The molecule has 1 aromatic rings. The van der Waals surface area contributed by atoms with Gasteiger partial charge < -0.3 is 10.4 Å². The van der Waals surface area contributed by atoms with E-state index in [4.69, 9.17) is 5.11 Å². The highest BCUT2D eigenvalue weighted by Gasteiger charge is 2.31. The number of carboxylic acids is 1. The molecule has 0 aliphatic carbocycles. The van der Waals surface area contributed by atoms with Gasteiger partial charge in [0.05, 0.1) is 18.1 Å². The number of carbonyl (C=O) groups excluding carboxylic acids is 1. The van der Waals surface area contributed by atoms with E-state index in [1.54, 1.807) is 31.2 Å². The van der Waals surface area contributed by atoms with Gasteiger partial charge in [0.2, 0.25) is 15.9 Å². The molecule has 1 aliphatic rings. The Morgan fingerprint density at radius 3 is 2.54 bits per heavy atom. The molecule has 0 bridgehead atoms. The van der Waals surface area contributed by atoms with Gasteiger partial charge in [-0.3, -0.25) is 9.59 Å². The first-order valence-corrected chi connectivity index (χ1v) is 9.52. The predicted molar refractivity (Wildman–Crippen MR) is 90.2 cm³/mol. The molecule has 1 fully saturated rings. The van der Waals surface area contributed by atoms with Crippen LogP contribution in [-0.4, -0.2) is 48.5 Å². The number of amides is 1. The van der Waals surface area contributed by atoms with Crippen molar-refractivity contribution in [3.63, 3.8) is 0 Å².